The van der Waals surface area contributed by atoms with E-state index in [4.69, 9.17) is 13.9 Å². The van der Waals surface area contributed by atoms with E-state index >= 15 is 0 Å². The molecule has 1 heterocycles. The minimum atomic E-state index is -0.286. The SMILES string of the molecule is COc1ccc(NC(=O)c2ccccc2-c2ncc(-c3ccc(Br)cc3)o2)cc1OC. The summed E-state index contributed by atoms with van der Waals surface area (Å²) in [4.78, 5) is 17.4. The fraction of sp³-hybridized carbons (Fsp3) is 0.0833. The molecule has 0 aliphatic heterocycles. The number of anilines is 1. The standard InChI is InChI=1S/C24H19BrN2O4/c1-29-20-12-11-17(13-21(20)30-2)27-23(28)18-5-3-4-6-19(18)24-26-14-22(31-24)15-7-9-16(25)10-8-15/h3-14H,1-2H3,(H,27,28). The molecule has 0 aliphatic rings. The number of nitrogens with one attached hydrogen (secondary N) is 1. The first kappa shape index (κ1) is 20.7. The van der Waals surface area contributed by atoms with Gasteiger partial charge in [0, 0.05) is 27.4 Å². The lowest BCUT2D eigenvalue weighted by Gasteiger charge is -2.11. The Hall–Kier alpha value is -3.58. The third-order valence-electron chi connectivity index (χ3n) is 4.68. The number of carbonyl (C=O) groups excluding carboxylic acids is 1. The van der Waals surface area contributed by atoms with Gasteiger partial charge in [-0.2, -0.15) is 0 Å². The summed E-state index contributed by atoms with van der Waals surface area (Å²) in [5.41, 5.74) is 2.53. The summed E-state index contributed by atoms with van der Waals surface area (Å²) in [6.45, 7) is 0. The van der Waals surface area contributed by atoms with Gasteiger partial charge >= 0.3 is 0 Å². The van der Waals surface area contributed by atoms with Crippen molar-refractivity contribution in [3.8, 4) is 34.3 Å². The molecule has 0 aliphatic carbocycles. The Labute approximate surface area is 188 Å². The molecular formula is C24H19BrN2O4. The largest absolute Gasteiger partial charge is 0.493 e. The van der Waals surface area contributed by atoms with Gasteiger partial charge in [0.15, 0.2) is 17.3 Å². The quantitative estimate of drug-likeness (QED) is 0.365. The second kappa shape index (κ2) is 9.06. The molecule has 0 atom stereocenters. The smallest absolute Gasteiger partial charge is 0.256 e. The lowest BCUT2D eigenvalue weighted by Crippen LogP contribution is -2.13. The average molecular weight is 479 g/mol. The van der Waals surface area contributed by atoms with E-state index in [9.17, 15) is 4.79 Å². The maximum atomic E-state index is 13.0. The van der Waals surface area contributed by atoms with E-state index in [1.165, 1.54) is 0 Å². The second-order valence-electron chi connectivity index (χ2n) is 6.61. The summed E-state index contributed by atoms with van der Waals surface area (Å²) in [5, 5.41) is 2.89. The number of hydrogen-bond acceptors (Lipinski definition) is 5. The Balaban J connectivity index is 1.62. The minimum absolute atomic E-state index is 0.286. The maximum Gasteiger partial charge on any atom is 0.256 e. The van der Waals surface area contributed by atoms with Crippen LogP contribution in [0.2, 0.25) is 0 Å². The zero-order chi connectivity index (χ0) is 21.8. The van der Waals surface area contributed by atoms with Crippen molar-refractivity contribution >= 4 is 27.5 Å². The lowest BCUT2D eigenvalue weighted by atomic mass is 10.1. The summed E-state index contributed by atoms with van der Waals surface area (Å²) in [6, 6.07) is 20.1. The van der Waals surface area contributed by atoms with Crippen LogP contribution in [0.15, 0.2) is 81.8 Å². The molecule has 0 fully saturated rings. The molecule has 4 aromatic rings. The summed E-state index contributed by atoms with van der Waals surface area (Å²) in [6.07, 6.45) is 1.65. The molecule has 156 valence electrons. The van der Waals surface area contributed by atoms with Gasteiger partial charge in [0.2, 0.25) is 5.89 Å². The van der Waals surface area contributed by atoms with E-state index in [1.54, 1.807) is 56.8 Å². The number of amides is 1. The average Bonchev–Trinajstić information content (AvgIpc) is 3.29. The van der Waals surface area contributed by atoms with Crippen molar-refractivity contribution in [1.82, 2.24) is 4.98 Å². The highest BCUT2D eigenvalue weighted by Gasteiger charge is 2.18. The maximum absolute atomic E-state index is 13.0. The lowest BCUT2D eigenvalue weighted by molar-refractivity contribution is 0.102. The first-order valence-electron chi connectivity index (χ1n) is 9.43. The van der Waals surface area contributed by atoms with Crippen molar-refractivity contribution in [2.45, 2.75) is 0 Å². The van der Waals surface area contributed by atoms with Gasteiger partial charge in [0.25, 0.3) is 5.91 Å². The van der Waals surface area contributed by atoms with Crippen LogP contribution in [0.3, 0.4) is 0 Å². The minimum Gasteiger partial charge on any atom is -0.493 e. The van der Waals surface area contributed by atoms with Crippen molar-refractivity contribution in [1.29, 1.82) is 0 Å². The van der Waals surface area contributed by atoms with Crippen molar-refractivity contribution in [2.24, 2.45) is 0 Å². The molecule has 7 heteroatoms. The van der Waals surface area contributed by atoms with Gasteiger partial charge in [-0.15, -0.1) is 0 Å². The van der Waals surface area contributed by atoms with Gasteiger partial charge in [-0.25, -0.2) is 4.98 Å². The monoisotopic (exact) mass is 478 g/mol. The van der Waals surface area contributed by atoms with Crippen molar-refractivity contribution in [3.63, 3.8) is 0 Å². The first-order chi connectivity index (χ1) is 15.1. The van der Waals surface area contributed by atoms with Crippen LogP contribution in [0.25, 0.3) is 22.8 Å². The molecule has 0 saturated carbocycles. The number of rotatable bonds is 6. The van der Waals surface area contributed by atoms with Gasteiger partial charge in [-0.1, -0.05) is 40.2 Å². The fourth-order valence-electron chi connectivity index (χ4n) is 3.13. The number of carbonyl (C=O) groups is 1. The normalized spacial score (nSPS) is 10.5. The summed E-state index contributed by atoms with van der Waals surface area (Å²) in [5.74, 6) is 1.82. The topological polar surface area (TPSA) is 73.6 Å². The highest BCUT2D eigenvalue weighted by Crippen LogP contribution is 2.32. The second-order valence-corrected chi connectivity index (χ2v) is 7.52. The van der Waals surface area contributed by atoms with E-state index in [0.717, 1.165) is 10.0 Å². The predicted molar refractivity (Wildman–Crippen MR) is 123 cm³/mol. The Morgan fingerprint density at radius 3 is 2.45 bits per heavy atom. The van der Waals surface area contributed by atoms with E-state index in [-0.39, 0.29) is 5.91 Å². The molecule has 1 amide bonds. The van der Waals surface area contributed by atoms with Gasteiger partial charge < -0.3 is 19.2 Å². The zero-order valence-corrected chi connectivity index (χ0v) is 18.5. The van der Waals surface area contributed by atoms with Crippen LogP contribution in [0.4, 0.5) is 5.69 Å². The molecule has 0 radical (unpaired) electrons. The van der Waals surface area contributed by atoms with Crippen LogP contribution in [0.5, 0.6) is 11.5 Å². The number of benzene rings is 3. The van der Waals surface area contributed by atoms with Crippen LogP contribution < -0.4 is 14.8 Å². The van der Waals surface area contributed by atoms with Gasteiger partial charge in [-0.3, -0.25) is 4.79 Å². The van der Waals surface area contributed by atoms with Crippen LogP contribution >= 0.6 is 15.9 Å². The number of oxazole rings is 1. The Kier molecular flexibility index (Phi) is 6.04. The van der Waals surface area contributed by atoms with Gasteiger partial charge in [0.05, 0.1) is 26.0 Å². The molecule has 0 bridgehead atoms. The zero-order valence-electron chi connectivity index (χ0n) is 16.9. The van der Waals surface area contributed by atoms with E-state index in [0.29, 0.717) is 40.0 Å². The first-order valence-corrected chi connectivity index (χ1v) is 10.2. The van der Waals surface area contributed by atoms with Gasteiger partial charge in [-0.05, 0) is 36.4 Å². The van der Waals surface area contributed by atoms with E-state index < -0.39 is 0 Å². The highest BCUT2D eigenvalue weighted by molar-refractivity contribution is 9.10. The summed E-state index contributed by atoms with van der Waals surface area (Å²) >= 11 is 3.42. The molecule has 0 unspecified atom stereocenters. The van der Waals surface area contributed by atoms with Crippen LogP contribution in [0, 0.1) is 0 Å². The van der Waals surface area contributed by atoms with Crippen molar-refractivity contribution in [3.05, 3.63) is 83.0 Å². The van der Waals surface area contributed by atoms with E-state index in [2.05, 4.69) is 26.2 Å². The van der Waals surface area contributed by atoms with Crippen molar-refractivity contribution < 1.29 is 18.7 Å². The molecule has 0 saturated heterocycles. The molecule has 1 aromatic heterocycles. The number of aromatic nitrogens is 1. The van der Waals surface area contributed by atoms with Crippen LogP contribution in [0.1, 0.15) is 10.4 Å². The molecule has 0 spiro atoms. The number of halogens is 1. The summed E-state index contributed by atoms with van der Waals surface area (Å²) < 4.78 is 17.5. The summed E-state index contributed by atoms with van der Waals surface area (Å²) in [7, 11) is 3.11. The predicted octanol–water partition coefficient (Wildman–Crippen LogP) is 6.04. The highest BCUT2D eigenvalue weighted by atomic mass is 79.9. The third-order valence-corrected chi connectivity index (χ3v) is 5.21. The van der Waals surface area contributed by atoms with E-state index in [1.807, 2.05) is 30.3 Å². The third kappa shape index (κ3) is 4.46. The van der Waals surface area contributed by atoms with Crippen molar-refractivity contribution in [2.75, 3.05) is 19.5 Å². The Morgan fingerprint density at radius 1 is 0.968 bits per heavy atom. The number of ether oxygens (including phenoxy) is 2. The van der Waals surface area contributed by atoms with Crippen LogP contribution in [-0.2, 0) is 0 Å². The fourth-order valence-corrected chi connectivity index (χ4v) is 3.39. The molecule has 31 heavy (non-hydrogen) atoms. The Bertz CT molecular complexity index is 1220. The number of methoxy groups -OCH3 is 2. The molecular weight excluding hydrogens is 460 g/mol. The molecule has 3 aromatic carbocycles. The molecule has 6 nitrogen and oxygen atoms in total. The number of hydrogen-bond donors (Lipinski definition) is 1. The Morgan fingerprint density at radius 2 is 1.71 bits per heavy atom. The van der Waals surface area contributed by atoms with Crippen LogP contribution in [-0.4, -0.2) is 25.1 Å². The van der Waals surface area contributed by atoms with Gasteiger partial charge in [0.1, 0.15) is 0 Å². The number of nitrogens with zero attached hydrogens (tertiary/aromatic N) is 1. The molecule has 4 rings (SSSR count). The molecule has 1 N–H and O–H groups in total.